The van der Waals surface area contributed by atoms with Gasteiger partial charge in [0.05, 0.1) is 5.69 Å². The molecule has 2 aromatic rings. The van der Waals surface area contributed by atoms with Crippen molar-refractivity contribution in [1.82, 2.24) is 30.4 Å². The van der Waals surface area contributed by atoms with Crippen LogP contribution in [-0.4, -0.2) is 61.6 Å². The van der Waals surface area contributed by atoms with Crippen molar-refractivity contribution in [3.63, 3.8) is 0 Å². The van der Waals surface area contributed by atoms with E-state index in [9.17, 15) is 9.59 Å². The lowest BCUT2D eigenvalue weighted by atomic mass is 10.1. The number of aromatic nitrogens is 4. The highest BCUT2D eigenvalue weighted by molar-refractivity contribution is 5.98. The first-order valence-corrected chi connectivity index (χ1v) is 8.59. The normalized spacial score (nSPS) is 19.8. The van der Waals surface area contributed by atoms with Gasteiger partial charge in [-0.3, -0.25) is 9.59 Å². The van der Waals surface area contributed by atoms with E-state index in [1.165, 1.54) is 0 Å². The van der Waals surface area contributed by atoms with Gasteiger partial charge in [0.1, 0.15) is 6.04 Å². The molecule has 0 radical (unpaired) electrons. The summed E-state index contributed by atoms with van der Waals surface area (Å²) in [7, 11) is 0. The second kappa shape index (κ2) is 7.20. The van der Waals surface area contributed by atoms with E-state index in [0.717, 1.165) is 0 Å². The summed E-state index contributed by atoms with van der Waals surface area (Å²) in [6.07, 6.45) is 0.454. The fourth-order valence-electron chi connectivity index (χ4n) is 3.13. The molecule has 2 atom stereocenters. The maximum Gasteiger partial charge on any atom is 0.254 e. The molecule has 1 aliphatic rings. The molecule has 2 amide bonds. The molecular formula is C17H23N7O2. The second-order valence-corrected chi connectivity index (χ2v) is 6.82. The van der Waals surface area contributed by atoms with Gasteiger partial charge in [0, 0.05) is 24.2 Å². The first-order chi connectivity index (χ1) is 12.4. The first kappa shape index (κ1) is 18.0. The van der Waals surface area contributed by atoms with Crippen molar-refractivity contribution in [2.75, 3.05) is 6.54 Å². The molecule has 1 saturated heterocycles. The zero-order valence-corrected chi connectivity index (χ0v) is 15.1. The molecule has 0 unspecified atom stereocenters. The molecule has 138 valence electrons. The molecule has 3 N–H and O–H groups in total. The standard InChI is InChI=1S/C17H23N7O2/c1-10(2)19-16(25)15-8-13(18)9-23(15)17(26)12-5-4-6-14(7-12)24-11(3)20-21-22-24/h4-7,10,13,15H,8-9,18H2,1-3H3,(H,19,25)/t13-,15+/m1/s1. The fraction of sp³-hybridized carbons (Fsp3) is 0.471. The summed E-state index contributed by atoms with van der Waals surface area (Å²) >= 11 is 0. The number of nitrogens with one attached hydrogen (secondary N) is 1. The van der Waals surface area contributed by atoms with Crippen LogP contribution >= 0.6 is 0 Å². The molecule has 9 nitrogen and oxygen atoms in total. The quantitative estimate of drug-likeness (QED) is 0.797. The third kappa shape index (κ3) is 3.57. The summed E-state index contributed by atoms with van der Waals surface area (Å²) in [4.78, 5) is 27.0. The summed E-state index contributed by atoms with van der Waals surface area (Å²) in [5.41, 5.74) is 7.17. The van der Waals surface area contributed by atoms with Gasteiger partial charge in [0.15, 0.2) is 5.82 Å². The van der Waals surface area contributed by atoms with E-state index in [0.29, 0.717) is 30.0 Å². The van der Waals surface area contributed by atoms with Gasteiger partial charge in [0.25, 0.3) is 5.91 Å². The highest BCUT2D eigenvalue weighted by Crippen LogP contribution is 2.21. The number of tetrazole rings is 1. The van der Waals surface area contributed by atoms with Crippen LogP contribution in [0.3, 0.4) is 0 Å². The van der Waals surface area contributed by atoms with Crippen molar-refractivity contribution >= 4 is 11.8 Å². The van der Waals surface area contributed by atoms with Crippen LogP contribution in [0.25, 0.3) is 5.69 Å². The Balaban J connectivity index is 1.86. The van der Waals surface area contributed by atoms with E-state index in [1.807, 2.05) is 19.9 Å². The average Bonchev–Trinajstić information content (AvgIpc) is 3.19. The lowest BCUT2D eigenvalue weighted by Gasteiger charge is -2.25. The summed E-state index contributed by atoms with van der Waals surface area (Å²) in [5, 5.41) is 14.3. The van der Waals surface area contributed by atoms with Crippen molar-refractivity contribution in [2.45, 2.75) is 45.3 Å². The Hall–Kier alpha value is -2.81. The molecule has 1 aromatic heterocycles. The van der Waals surface area contributed by atoms with Crippen LogP contribution in [-0.2, 0) is 4.79 Å². The molecule has 0 saturated carbocycles. The molecule has 0 aliphatic carbocycles. The Morgan fingerprint density at radius 1 is 1.35 bits per heavy atom. The lowest BCUT2D eigenvalue weighted by molar-refractivity contribution is -0.125. The smallest absolute Gasteiger partial charge is 0.254 e. The van der Waals surface area contributed by atoms with Crippen LogP contribution in [0, 0.1) is 6.92 Å². The van der Waals surface area contributed by atoms with Crippen molar-refractivity contribution in [3.05, 3.63) is 35.7 Å². The van der Waals surface area contributed by atoms with Gasteiger partial charge in [-0.1, -0.05) is 6.07 Å². The molecule has 0 bridgehead atoms. The predicted octanol–water partition coefficient (Wildman–Crippen LogP) is 0.0371. The number of nitrogens with two attached hydrogens (primary N) is 1. The van der Waals surface area contributed by atoms with E-state index >= 15 is 0 Å². The van der Waals surface area contributed by atoms with E-state index in [-0.39, 0.29) is 23.9 Å². The molecule has 9 heteroatoms. The van der Waals surface area contributed by atoms with Gasteiger partial charge >= 0.3 is 0 Å². The number of carbonyl (C=O) groups is 2. The lowest BCUT2D eigenvalue weighted by Crippen LogP contribution is -2.47. The molecule has 2 heterocycles. The number of hydrogen-bond acceptors (Lipinski definition) is 6. The minimum absolute atomic E-state index is 0.00222. The summed E-state index contributed by atoms with van der Waals surface area (Å²) in [6.45, 7) is 5.90. The van der Waals surface area contributed by atoms with E-state index < -0.39 is 6.04 Å². The van der Waals surface area contributed by atoms with Gasteiger partial charge in [-0.05, 0) is 55.8 Å². The average molecular weight is 357 g/mol. The Morgan fingerprint density at radius 2 is 2.12 bits per heavy atom. The molecular weight excluding hydrogens is 334 g/mol. The Kier molecular flexibility index (Phi) is 4.99. The summed E-state index contributed by atoms with van der Waals surface area (Å²) in [5.74, 6) is 0.218. The minimum Gasteiger partial charge on any atom is -0.352 e. The topological polar surface area (TPSA) is 119 Å². The number of hydrogen-bond donors (Lipinski definition) is 2. The van der Waals surface area contributed by atoms with Crippen molar-refractivity contribution < 1.29 is 9.59 Å². The fourth-order valence-corrected chi connectivity index (χ4v) is 3.13. The monoisotopic (exact) mass is 357 g/mol. The zero-order chi connectivity index (χ0) is 18.8. The summed E-state index contributed by atoms with van der Waals surface area (Å²) < 4.78 is 1.55. The molecule has 1 aliphatic heterocycles. The predicted molar refractivity (Wildman–Crippen MR) is 94.6 cm³/mol. The minimum atomic E-state index is -0.557. The van der Waals surface area contributed by atoms with E-state index in [2.05, 4.69) is 20.8 Å². The zero-order valence-electron chi connectivity index (χ0n) is 15.1. The van der Waals surface area contributed by atoms with E-state index in [1.54, 1.807) is 34.7 Å². The molecule has 0 spiro atoms. The van der Waals surface area contributed by atoms with Gasteiger partial charge in [-0.2, -0.15) is 4.68 Å². The third-order valence-electron chi connectivity index (χ3n) is 4.29. The van der Waals surface area contributed by atoms with E-state index in [4.69, 9.17) is 5.73 Å². The second-order valence-electron chi connectivity index (χ2n) is 6.82. The molecule has 26 heavy (non-hydrogen) atoms. The Labute approximate surface area is 151 Å². The molecule has 1 fully saturated rings. The first-order valence-electron chi connectivity index (χ1n) is 8.59. The largest absolute Gasteiger partial charge is 0.352 e. The van der Waals surface area contributed by atoms with Gasteiger partial charge in [0.2, 0.25) is 5.91 Å². The van der Waals surface area contributed by atoms with Crippen LogP contribution in [0.5, 0.6) is 0 Å². The number of benzene rings is 1. The molecule has 3 rings (SSSR count). The number of nitrogens with zero attached hydrogens (tertiary/aromatic N) is 5. The summed E-state index contributed by atoms with van der Waals surface area (Å²) in [6, 6.07) is 6.24. The van der Waals surface area contributed by atoms with Crippen LogP contribution in [0.2, 0.25) is 0 Å². The van der Waals surface area contributed by atoms with Crippen LogP contribution in [0.4, 0.5) is 0 Å². The van der Waals surface area contributed by atoms with Gasteiger partial charge < -0.3 is 16.0 Å². The number of likely N-dealkylation sites (tertiary alicyclic amines) is 1. The highest BCUT2D eigenvalue weighted by Gasteiger charge is 2.38. The van der Waals surface area contributed by atoms with Crippen molar-refractivity contribution in [2.24, 2.45) is 5.73 Å². The van der Waals surface area contributed by atoms with Gasteiger partial charge in [-0.25, -0.2) is 0 Å². The number of amides is 2. The maximum absolute atomic E-state index is 13.0. The highest BCUT2D eigenvalue weighted by atomic mass is 16.2. The maximum atomic E-state index is 13.0. The van der Waals surface area contributed by atoms with Crippen LogP contribution < -0.4 is 11.1 Å². The van der Waals surface area contributed by atoms with Crippen molar-refractivity contribution in [3.8, 4) is 5.69 Å². The van der Waals surface area contributed by atoms with Crippen LogP contribution in [0.15, 0.2) is 24.3 Å². The Bertz CT molecular complexity index is 817. The SMILES string of the molecule is Cc1nnnn1-c1cccc(C(=O)N2C[C@H](N)C[C@H]2C(=O)NC(C)C)c1. The molecule has 1 aromatic carbocycles. The van der Waals surface area contributed by atoms with Crippen LogP contribution in [0.1, 0.15) is 36.5 Å². The number of aryl methyl sites for hydroxylation is 1. The third-order valence-corrected chi connectivity index (χ3v) is 4.29. The van der Waals surface area contributed by atoms with Gasteiger partial charge in [-0.15, -0.1) is 5.10 Å². The Morgan fingerprint density at radius 3 is 2.77 bits per heavy atom. The van der Waals surface area contributed by atoms with Crippen molar-refractivity contribution in [1.29, 1.82) is 0 Å². The number of rotatable bonds is 4. The number of carbonyl (C=O) groups excluding carboxylic acids is 2.